The van der Waals surface area contributed by atoms with Gasteiger partial charge in [0.1, 0.15) is 5.82 Å². The van der Waals surface area contributed by atoms with Crippen molar-refractivity contribution in [2.24, 2.45) is 0 Å². The van der Waals surface area contributed by atoms with Crippen LogP contribution >= 0.6 is 15.9 Å². The minimum atomic E-state index is -0.208. The Morgan fingerprint density at radius 3 is 2.53 bits per heavy atom. The quantitative estimate of drug-likeness (QED) is 0.897. The molecule has 0 aliphatic carbocycles. The minimum absolute atomic E-state index is 0.144. The number of hydrogen-bond donors (Lipinski definition) is 1. The SMILES string of the molecule is C[C@@H]1CC(N[C@@H](C)c2ccc(Br)c(F)c2)C[C@@H](C)O1. The molecule has 19 heavy (non-hydrogen) atoms. The molecular weight excluding hydrogens is 309 g/mol. The monoisotopic (exact) mass is 329 g/mol. The molecule has 1 aromatic rings. The van der Waals surface area contributed by atoms with E-state index >= 15 is 0 Å². The van der Waals surface area contributed by atoms with Gasteiger partial charge in [-0.1, -0.05) is 6.07 Å². The van der Waals surface area contributed by atoms with Gasteiger partial charge in [-0.05, 0) is 67.2 Å². The molecule has 1 aliphatic rings. The van der Waals surface area contributed by atoms with E-state index in [2.05, 4.69) is 42.0 Å². The van der Waals surface area contributed by atoms with E-state index in [1.165, 1.54) is 0 Å². The summed E-state index contributed by atoms with van der Waals surface area (Å²) in [5.41, 5.74) is 0.979. The summed E-state index contributed by atoms with van der Waals surface area (Å²) in [6.45, 7) is 6.29. The van der Waals surface area contributed by atoms with Crippen molar-refractivity contribution in [2.45, 2.75) is 57.9 Å². The molecule has 0 spiro atoms. The zero-order valence-electron chi connectivity index (χ0n) is 11.6. The van der Waals surface area contributed by atoms with Crippen LogP contribution < -0.4 is 5.32 Å². The molecule has 106 valence electrons. The molecule has 0 amide bonds. The molecular formula is C15H21BrFNO. The van der Waals surface area contributed by atoms with Crippen LogP contribution in [0.1, 0.15) is 45.2 Å². The highest BCUT2D eigenvalue weighted by Crippen LogP contribution is 2.24. The predicted molar refractivity (Wildman–Crippen MR) is 78.7 cm³/mol. The summed E-state index contributed by atoms with van der Waals surface area (Å²) in [6, 6.07) is 5.88. The van der Waals surface area contributed by atoms with Crippen LogP contribution in [0.4, 0.5) is 4.39 Å². The first-order valence-electron chi connectivity index (χ1n) is 6.82. The lowest BCUT2D eigenvalue weighted by Crippen LogP contribution is -2.42. The Morgan fingerprint density at radius 2 is 1.95 bits per heavy atom. The van der Waals surface area contributed by atoms with E-state index in [-0.39, 0.29) is 24.1 Å². The molecule has 1 heterocycles. The molecule has 1 N–H and O–H groups in total. The van der Waals surface area contributed by atoms with Crippen molar-refractivity contribution in [3.63, 3.8) is 0 Å². The zero-order valence-corrected chi connectivity index (χ0v) is 13.2. The Hall–Kier alpha value is -0.450. The van der Waals surface area contributed by atoms with Crippen LogP contribution in [-0.2, 0) is 4.74 Å². The van der Waals surface area contributed by atoms with Crippen molar-refractivity contribution in [2.75, 3.05) is 0 Å². The van der Waals surface area contributed by atoms with Gasteiger partial charge in [0, 0.05) is 12.1 Å². The summed E-state index contributed by atoms with van der Waals surface area (Å²) in [4.78, 5) is 0. The summed E-state index contributed by atoms with van der Waals surface area (Å²) in [5, 5.41) is 3.58. The van der Waals surface area contributed by atoms with E-state index in [1.54, 1.807) is 12.1 Å². The van der Waals surface area contributed by atoms with Crippen molar-refractivity contribution < 1.29 is 9.13 Å². The van der Waals surface area contributed by atoms with Crippen molar-refractivity contribution in [1.82, 2.24) is 5.32 Å². The average molecular weight is 330 g/mol. The molecule has 1 saturated heterocycles. The molecule has 0 radical (unpaired) electrons. The Labute approximate surface area is 122 Å². The molecule has 0 bridgehead atoms. The van der Waals surface area contributed by atoms with Gasteiger partial charge in [-0.3, -0.25) is 0 Å². The van der Waals surface area contributed by atoms with Crippen LogP contribution in [0.5, 0.6) is 0 Å². The van der Waals surface area contributed by atoms with Crippen LogP contribution in [-0.4, -0.2) is 18.2 Å². The third kappa shape index (κ3) is 4.01. The average Bonchev–Trinajstić information content (AvgIpc) is 2.31. The number of benzene rings is 1. The van der Waals surface area contributed by atoms with Gasteiger partial charge < -0.3 is 10.1 Å². The fourth-order valence-electron chi connectivity index (χ4n) is 2.77. The largest absolute Gasteiger partial charge is 0.375 e. The topological polar surface area (TPSA) is 21.3 Å². The maximum Gasteiger partial charge on any atom is 0.137 e. The van der Waals surface area contributed by atoms with Gasteiger partial charge in [0.05, 0.1) is 16.7 Å². The van der Waals surface area contributed by atoms with Gasteiger partial charge >= 0.3 is 0 Å². The Balaban J connectivity index is 2.00. The molecule has 1 aromatic carbocycles. The Bertz CT molecular complexity index is 430. The van der Waals surface area contributed by atoms with E-state index in [1.807, 2.05) is 6.07 Å². The van der Waals surface area contributed by atoms with Gasteiger partial charge in [-0.15, -0.1) is 0 Å². The van der Waals surface area contributed by atoms with Crippen molar-refractivity contribution in [3.05, 3.63) is 34.1 Å². The van der Waals surface area contributed by atoms with E-state index in [9.17, 15) is 4.39 Å². The normalized spacial score (nSPS) is 29.2. The van der Waals surface area contributed by atoms with Crippen molar-refractivity contribution >= 4 is 15.9 Å². The highest BCUT2D eigenvalue weighted by molar-refractivity contribution is 9.10. The van der Waals surface area contributed by atoms with E-state index in [0.29, 0.717) is 10.5 Å². The lowest BCUT2D eigenvalue weighted by molar-refractivity contribution is -0.0433. The van der Waals surface area contributed by atoms with E-state index < -0.39 is 0 Å². The summed E-state index contributed by atoms with van der Waals surface area (Å²) < 4.78 is 19.8. The van der Waals surface area contributed by atoms with Gasteiger partial charge in [0.2, 0.25) is 0 Å². The Kier molecular flexibility index (Phi) is 4.98. The first kappa shape index (κ1) is 14.9. The number of halogens is 2. The van der Waals surface area contributed by atoms with Crippen LogP contribution in [0.25, 0.3) is 0 Å². The van der Waals surface area contributed by atoms with Gasteiger partial charge in [-0.2, -0.15) is 0 Å². The number of ether oxygens (including phenoxy) is 1. The maximum atomic E-state index is 13.5. The first-order valence-corrected chi connectivity index (χ1v) is 7.61. The number of hydrogen-bond acceptors (Lipinski definition) is 2. The molecule has 3 atom stereocenters. The molecule has 0 unspecified atom stereocenters. The second-order valence-corrected chi connectivity index (χ2v) is 6.34. The van der Waals surface area contributed by atoms with Crippen LogP contribution in [0.15, 0.2) is 22.7 Å². The molecule has 4 heteroatoms. The van der Waals surface area contributed by atoms with Crippen molar-refractivity contribution in [3.8, 4) is 0 Å². The van der Waals surface area contributed by atoms with Crippen LogP contribution in [0.3, 0.4) is 0 Å². The van der Waals surface area contributed by atoms with Crippen LogP contribution in [0, 0.1) is 5.82 Å². The maximum absolute atomic E-state index is 13.5. The lowest BCUT2D eigenvalue weighted by atomic mass is 9.98. The fourth-order valence-corrected chi connectivity index (χ4v) is 3.02. The summed E-state index contributed by atoms with van der Waals surface area (Å²) in [7, 11) is 0. The van der Waals surface area contributed by atoms with E-state index in [4.69, 9.17) is 4.74 Å². The molecule has 2 nitrogen and oxygen atoms in total. The summed E-state index contributed by atoms with van der Waals surface area (Å²) >= 11 is 3.18. The zero-order chi connectivity index (χ0) is 14.0. The molecule has 2 rings (SSSR count). The summed E-state index contributed by atoms with van der Waals surface area (Å²) in [6.07, 6.45) is 2.59. The molecule has 0 aromatic heterocycles. The van der Waals surface area contributed by atoms with Crippen LogP contribution in [0.2, 0.25) is 0 Å². The van der Waals surface area contributed by atoms with Gasteiger partial charge in [-0.25, -0.2) is 4.39 Å². The molecule has 1 aliphatic heterocycles. The predicted octanol–water partition coefficient (Wildman–Crippen LogP) is 4.19. The van der Waals surface area contributed by atoms with E-state index in [0.717, 1.165) is 18.4 Å². The standard InChI is InChI=1S/C15H21BrFNO/c1-9-6-13(7-10(2)19-9)18-11(3)12-4-5-14(16)15(17)8-12/h4-5,8-11,13,18H,6-7H2,1-3H3/t9-,10-,11+/m1/s1. The second kappa shape index (κ2) is 6.33. The highest BCUT2D eigenvalue weighted by atomic mass is 79.9. The first-order chi connectivity index (χ1) is 8.95. The van der Waals surface area contributed by atoms with Gasteiger partial charge in [0.15, 0.2) is 0 Å². The third-order valence-corrected chi connectivity index (χ3v) is 4.27. The smallest absolute Gasteiger partial charge is 0.137 e. The lowest BCUT2D eigenvalue weighted by Gasteiger charge is -2.34. The number of rotatable bonds is 3. The molecule has 0 saturated carbocycles. The molecule has 1 fully saturated rings. The van der Waals surface area contributed by atoms with Crippen molar-refractivity contribution in [1.29, 1.82) is 0 Å². The second-order valence-electron chi connectivity index (χ2n) is 5.49. The third-order valence-electron chi connectivity index (χ3n) is 3.63. The summed E-state index contributed by atoms with van der Waals surface area (Å²) in [5.74, 6) is -0.208. The fraction of sp³-hybridized carbons (Fsp3) is 0.600. The number of nitrogens with one attached hydrogen (secondary N) is 1. The van der Waals surface area contributed by atoms with Gasteiger partial charge in [0.25, 0.3) is 0 Å². The Morgan fingerprint density at radius 1 is 1.32 bits per heavy atom. The minimum Gasteiger partial charge on any atom is -0.375 e. The highest BCUT2D eigenvalue weighted by Gasteiger charge is 2.25.